The number of aromatic nitrogens is 1. The van der Waals surface area contributed by atoms with Crippen molar-refractivity contribution in [3.8, 4) is 17.2 Å². The fourth-order valence-corrected chi connectivity index (χ4v) is 2.02. The monoisotopic (exact) mass is 285 g/mol. The van der Waals surface area contributed by atoms with Crippen molar-refractivity contribution >= 4 is 22.5 Å². The Labute approximate surface area is 119 Å². The lowest BCUT2D eigenvalue weighted by atomic mass is 10.2. The molecule has 7 nitrogen and oxygen atoms in total. The summed E-state index contributed by atoms with van der Waals surface area (Å²) in [6.45, 7) is 0. The zero-order valence-electron chi connectivity index (χ0n) is 11.1. The zero-order chi connectivity index (χ0) is 15.0. The molecule has 0 amide bonds. The third-order valence-electron chi connectivity index (χ3n) is 3.06. The Balaban J connectivity index is 2.08. The van der Waals surface area contributed by atoms with Gasteiger partial charge in [0.1, 0.15) is 11.3 Å². The molecule has 0 atom stereocenters. The van der Waals surface area contributed by atoms with Crippen LogP contribution in [0.15, 0.2) is 40.8 Å². The molecule has 0 saturated heterocycles. The number of ether oxygens (including phenoxy) is 1. The van der Waals surface area contributed by atoms with Crippen LogP contribution in [0.1, 0.15) is 0 Å². The van der Waals surface area contributed by atoms with Crippen molar-refractivity contribution in [1.29, 1.82) is 0 Å². The van der Waals surface area contributed by atoms with Gasteiger partial charge in [0.25, 0.3) is 5.69 Å². The summed E-state index contributed by atoms with van der Waals surface area (Å²) < 4.78 is 10.6. The molecule has 0 fully saturated rings. The number of rotatable bonds is 3. The summed E-state index contributed by atoms with van der Waals surface area (Å²) in [7, 11) is 1.53. The Bertz CT molecular complexity index is 841. The average Bonchev–Trinajstić information content (AvgIpc) is 2.89. The second-order valence-electron chi connectivity index (χ2n) is 4.38. The van der Waals surface area contributed by atoms with Gasteiger partial charge in [-0.25, -0.2) is 4.98 Å². The Hall–Kier alpha value is -3.09. The number of non-ortho nitro benzene ring substituents is 1. The molecule has 0 spiro atoms. The molecule has 3 rings (SSSR count). The van der Waals surface area contributed by atoms with Gasteiger partial charge in [-0.1, -0.05) is 0 Å². The highest BCUT2D eigenvalue weighted by molar-refractivity contribution is 5.79. The van der Waals surface area contributed by atoms with Gasteiger partial charge in [0.2, 0.25) is 5.89 Å². The van der Waals surface area contributed by atoms with Crippen molar-refractivity contribution in [3.63, 3.8) is 0 Å². The van der Waals surface area contributed by atoms with Crippen molar-refractivity contribution in [3.05, 3.63) is 46.5 Å². The summed E-state index contributed by atoms with van der Waals surface area (Å²) in [6.07, 6.45) is 0. The molecule has 0 aliphatic rings. The highest BCUT2D eigenvalue weighted by atomic mass is 16.6. The number of hydrogen-bond donors (Lipinski definition) is 1. The predicted molar refractivity (Wildman–Crippen MR) is 77.1 cm³/mol. The Kier molecular flexibility index (Phi) is 2.94. The van der Waals surface area contributed by atoms with E-state index in [2.05, 4.69) is 4.98 Å². The number of oxazole rings is 1. The van der Waals surface area contributed by atoms with Crippen LogP contribution in [0.5, 0.6) is 5.75 Å². The van der Waals surface area contributed by atoms with Gasteiger partial charge < -0.3 is 14.9 Å². The molecule has 0 bridgehead atoms. The minimum Gasteiger partial charge on any atom is -0.495 e. The highest BCUT2D eigenvalue weighted by Crippen LogP contribution is 2.31. The molecule has 0 saturated carbocycles. The number of methoxy groups -OCH3 is 1. The van der Waals surface area contributed by atoms with E-state index in [0.717, 1.165) is 0 Å². The highest BCUT2D eigenvalue weighted by Gasteiger charge is 2.13. The maximum atomic E-state index is 10.7. The van der Waals surface area contributed by atoms with E-state index >= 15 is 0 Å². The average molecular weight is 285 g/mol. The summed E-state index contributed by atoms with van der Waals surface area (Å²) in [6, 6.07) is 9.43. The predicted octanol–water partition coefficient (Wildman–Crippen LogP) is 2.99. The zero-order valence-corrected chi connectivity index (χ0v) is 11.1. The van der Waals surface area contributed by atoms with E-state index in [4.69, 9.17) is 14.9 Å². The number of hydrogen-bond acceptors (Lipinski definition) is 6. The lowest BCUT2D eigenvalue weighted by molar-refractivity contribution is -0.384. The quantitative estimate of drug-likeness (QED) is 0.450. The lowest BCUT2D eigenvalue weighted by Gasteiger charge is -2.04. The van der Waals surface area contributed by atoms with E-state index in [1.54, 1.807) is 24.3 Å². The minimum absolute atomic E-state index is 0.0422. The number of nitro benzene ring substituents is 1. The number of anilines is 1. The van der Waals surface area contributed by atoms with Crippen molar-refractivity contribution in [2.24, 2.45) is 0 Å². The maximum Gasteiger partial charge on any atom is 0.273 e. The first-order valence-electron chi connectivity index (χ1n) is 6.07. The van der Waals surface area contributed by atoms with Crippen molar-refractivity contribution in [2.45, 2.75) is 0 Å². The van der Waals surface area contributed by atoms with Crippen molar-refractivity contribution in [1.82, 2.24) is 4.98 Å². The van der Waals surface area contributed by atoms with Gasteiger partial charge in [-0.3, -0.25) is 10.1 Å². The van der Waals surface area contributed by atoms with E-state index in [1.807, 2.05) is 0 Å². The molecule has 0 radical (unpaired) electrons. The number of fused-ring (bicyclic) bond motifs is 1. The first kappa shape index (κ1) is 12.9. The van der Waals surface area contributed by atoms with Gasteiger partial charge in [-0.15, -0.1) is 0 Å². The van der Waals surface area contributed by atoms with Gasteiger partial charge >= 0.3 is 0 Å². The van der Waals surface area contributed by atoms with E-state index < -0.39 is 4.92 Å². The number of nitro groups is 1. The van der Waals surface area contributed by atoms with E-state index in [1.165, 1.54) is 19.2 Å². The first-order valence-corrected chi connectivity index (χ1v) is 6.07. The second-order valence-corrected chi connectivity index (χ2v) is 4.38. The standard InChI is InChI=1S/C14H11N3O4/c1-20-12-5-2-8(6-10(12)15)14-16-11-4-3-9(17(18)19)7-13(11)21-14/h2-7H,15H2,1H3. The molecule has 2 aromatic carbocycles. The molecule has 21 heavy (non-hydrogen) atoms. The van der Waals surface area contributed by atoms with E-state index in [0.29, 0.717) is 34.0 Å². The molecule has 2 N–H and O–H groups in total. The summed E-state index contributed by atoms with van der Waals surface area (Å²) in [4.78, 5) is 14.6. The van der Waals surface area contributed by atoms with Crippen LogP contribution >= 0.6 is 0 Å². The van der Waals surface area contributed by atoms with Crippen LogP contribution in [0.3, 0.4) is 0 Å². The van der Waals surface area contributed by atoms with Gasteiger partial charge in [-0.05, 0) is 24.3 Å². The molecule has 0 unspecified atom stereocenters. The third kappa shape index (κ3) is 2.25. The van der Waals surface area contributed by atoms with Crippen LogP contribution in [-0.4, -0.2) is 17.0 Å². The Morgan fingerprint density at radius 2 is 2.10 bits per heavy atom. The van der Waals surface area contributed by atoms with Gasteiger partial charge in [-0.2, -0.15) is 0 Å². The van der Waals surface area contributed by atoms with Gasteiger partial charge in [0.05, 0.1) is 23.8 Å². The van der Waals surface area contributed by atoms with Gasteiger partial charge in [0, 0.05) is 11.6 Å². The van der Waals surface area contributed by atoms with Crippen LogP contribution in [0.4, 0.5) is 11.4 Å². The summed E-state index contributed by atoms with van der Waals surface area (Å²) in [5.74, 6) is 0.908. The molecule has 106 valence electrons. The van der Waals surface area contributed by atoms with Crippen LogP contribution in [0.25, 0.3) is 22.6 Å². The van der Waals surface area contributed by atoms with Gasteiger partial charge in [0.15, 0.2) is 5.58 Å². The van der Waals surface area contributed by atoms with Crippen LogP contribution < -0.4 is 10.5 Å². The molecule has 1 heterocycles. The number of nitrogens with zero attached hydrogens (tertiary/aromatic N) is 2. The summed E-state index contributed by atoms with van der Waals surface area (Å²) in [5, 5.41) is 10.7. The van der Waals surface area contributed by atoms with E-state index in [9.17, 15) is 10.1 Å². The molecule has 7 heteroatoms. The topological polar surface area (TPSA) is 104 Å². The normalized spacial score (nSPS) is 10.7. The molecular formula is C14H11N3O4. The summed E-state index contributed by atoms with van der Waals surface area (Å²) >= 11 is 0. The number of nitrogens with two attached hydrogens (primary N) is 1. The molecular weight excluding hydrogens is 274 g/mol. The van der Waals surface area contributed by atoms with E-state index in [-0.39, 0.29) is 5.69 Å². The van der Waals surface area contributed by atoms with Crippen LogP contribution in [0, 0.1) is 10.1 Å². The molecule has 0 aliphatic carbocycles. The Morgan fingerprint density at radius 1 is 1.29 bits per heavy atom. The molecule has 0 aliphatic heterocycles. The maximum absolute atomic E-state index is 10.7. The fourth-order valence-electron chi connectivity index (χ4n) is 2.02. The second kappa shape index (κ2) is 4.78. The largest absolute Gasteiger partial charge is 0.495 e. The lowest BCUT2D eigenvalue weighted by Crippen LogP contribution is -1.92. The first-order chi connectivity index (χ1) is 10.1. The van der Waals surface area contributed by atoms with Crippen LogP contribution in [-0.2, 0) is 0 Å². The smallest absolute Gasteiger partial charge is 0.273 e. The Morgan fingerprint density at radius 3 is 2.76 bits per heavy atom. The minimum atomic E-state index is -0.479. The fraction of sp³-hybridized carbons (Fsp3) is 0.0714. The SMILES string of the molecule is COc1ccc(-c2nc3ccc([N+](=O)[O-])cc3o2)cc1N. The van der Waals surface area contributed by atoms with Crippen molar-refractivity contribution in [2.75, 3.05) is 12.8 Å². The van der Waals surface area contributed by atoms with Crippen LogP contribution in [0.2, 0.25) is 0 Å². The molecule has 1 aromatic heterocycles. The third-order valence-corrected chi connectivity index (χ3v) is 3.06. The number of nitrogen functional groups attached to an aromatic ring is 1. The molecule has 3 aromatic rings. The van der Waals surface area contributed by atoms with Crippen molar-refractivity contribution < 1.29 is 14.1 Å². The number of benzene rings is 2. The summed E-state index contributed by atoms with van der Waals surface area (Å²) in [5.41, 5.74) is 7.84.